The normalized spacial score (nSPS) is 23.1. The number of morpholine rings is 1. The van der Waals surface area contributed by atoms with Crippen LogP contribution in [0, 0.1) is 0 Å². The van der Waals surface area contributed by atoms with Crippen molar-refractivity contribution in [2.24, 2.45) is 4.99 Å². The van der Waals surface area contributed by atoms with Gasteiger partial charge in [-0.05, 0) is 37.0 Å². The van der Waals surface area contributed by atoms with Gasteiger partial charge in [-0.1, -0.05) is 19.3 Å². The molecule has 1 aliphatic carbocycles. The molecule has 3 aliphatic heterocycles. The fourth-order valence-electron chi connectivity index (χ4n) is 4.84. The van der Waals surface area contributed by atoms with E-state index >= 15 is 0 Å². The van der Waals surface area contributed by atoms with Gasteiger partial charge in [0.25, 0.3) is 0 Å². The maximum atomic E-state index is 12.9. The molecular weight excluding hydrogens is 344 g/mol. The van der Waals surface area contributed by atoms with E-state index in [-0.39, 0.29) is 18.2 Å². The SMILES string of the molecule is O=C(CC1=NC2(CCCCC2)Cc2cc3c(cc21)OCO3)N1CCOCC1. The topological polar surface area (TPSA) is 60.4 Å². The van der Waals surface area contributed by atoms with Crippen LogP contribution in [0.2, 0.25) is 0 Å². The molecule has 4 aliphatic rings. The first-order valence-electron chi connectivity index (χ1n) is 10.1. The molecule has 1 saturated carbocycles. The van der Waals surface area contributed by atoms with Gasteiger partial charge >= 0.3 is 0 Å². The molecule has 5 rings (SSSR count). The molecule has 1 spiro atoms. The Balaban J connectivity index is 1.49. The lowest BCUT2D eigenvalue weighted by molar-refractivity contribution is -0.133. The lowest BCUT2D eigenvalue weighted by Gasteiger charge is -2.39. The van der Waals surface area contributed by atoms with Crippen molar-refractivity contribution in [3.8, 4) is 11.5 Å². The van der Waals surface area contributed by atoms with E-state index < -0.39 is 0 Å². The lowest BCUT2D eigenvalue weighted by atomic mass is 9.74. The zero-order valence-electron chi connectivity index (χ0n) is 15.7. The first-order valence-corrected chi connectivity index (χ1v) is 10.1. The summed E-state index contributed by atoms with van der Waals surface area (Å²) in [6.07, 6.45) is 7.23. The van der Waals surface area contributed by atoms with Gasteiger partial charge in [-0.15, -0.1) is 0 Å². The van der Waals surface area contributed by atoms with Crippen molar-refractivity contribution in [2.75, 3.05) is 33.1 Å². The molecule has 0 atom stereocenters. The number of hydrogen-bond acceptors (Lipinski definition) is 5. The minimum atomic E-state index is -0.0421. The van der Waals surface area contributed by atoms with E-state index in [1.54, 1.807) is 0 Å². The number of aliphatic imine (C=N–C) groups is 1. The van der Waals surface area contributed by atoms with Crippen LogP contribution in [-0.4, -0.2) is 55.2 Å². The summed E-state index contributed by atoms with van der Waals surface area (Å²) in [6.45, 7) is 2.86. The second kappa shape index (κ2) is 6.82. The molecule has 0 aromatic heterocycles. The number of amides is 1. The number of carbonyl (C=O) groups excluding carboxylic acids is 1. The van der Waals surface area contributed by atoms with Crippen LogP contribution < -0.4 is 9.47 Å². The monoisotopic (exact) mass is 370 g/mol. The zero-order chi connectivity index (χ0) is 18.3. The molecule has 6 nitrogen and oxygen atoms in total. The molecule has 144 valence electrons. The summed E-state index contributed by atoms with van der Waals surface area (Å²) in [5.41, 5.74) is 3.20. The number of carbonyl (C=O) groups is 1. The Morgan fingerprint density at radius 3 is 2.59 bits per heavy atom. The first kappa shape index (κ1) is 17.0. The van der Waals surface area contributed by atoms with E-state index in [2.05, 4.69) is 6.07 Å². The standard InChI is InChI=1S/C21H26N2O4/c24-20(23-6-8-25-9-7-23)12-17-16-11-19-18(26-14-27-19)10-15(16)13-21(22-17)4-2-1-3-5-21/h10-11H,1-9,12-14H2. The van der Waals surface area contributed by atoms with Crippen molar-refractivity contribution < 1.29 is 19.0 Å². The summed E-state index contributed by atoms with van der Waals surface area (Å²) in [6, 6.07) is 4.14. The Bertz CT molecular complexity index is 777. The number of benzene rings is 1. The third-order valence-electron chi connectivity index (χ3n) is 6.27. The van der Waals surface area contributed by atoms with Crippen molar-refractivity contribution in [3.05, 3.63) is 23.3 Å². The van der Waals surface area contributed by atoms with Crippen molar-refractivity contribution >= 4 is 11.6 Å². The first-order chi connectivity index (χ1) is 13.2. The van der Waals surface area contributed by atoms with Crippen molar-refractivity contribution in [2.45, 2.75) is 50.5 Å². The summed E-state index contributed by atoms with van der Waals surface area (Å²) >= 11 is 0. The van der Waals surface area contributed by atoms with Gasteiger partial charge in [0.15, 0.2) is 11.5 Å². The Labute approximate surface area is 159 Å². The Hall–Kier alpha value is -2.08. The van der Waals surface area contributed by atoms with E-state index in [1.807, 2.05) is 11.0 Å². The quantitative estimate of drug-likeness (QED) is 0.803. The van der Waals surface area contributed by atoms with Gasteiger partial charge in [0, 0.05) is 18.7 Å². The average Bonchev–Trinajstić information content (AvgIpc) is 3.15. The number of hydrogen-bond donors (Lipinski definition) is 0. The molecule has 2 fully saturated rings. The van der Waals surface area contributed by atoms with Crippen LogP contribution in [0.4, 0.5) is 0 Å². The molecule has 1 aromatic rings. The predicted octanol–water partition coefficient (Wildman–Crippen LogP) is 2.71. The molecule has 27 heavy (non-hydrogen) atoms. The molecule has 0 unspecified atom stereocenters. The van der Waals surface area contributed by atoms with E-state index in [0.29, 0.717) is 32.7 Å². The molecule has 0 N–H and O–H groups in total. The van der Waals surface area contributed by atoms with Gasteiger partial charge in [0.05, 0.1) is 30.9 Å². The maximum Gasteiger partial charge on any atom is 0.231 e. The molecule has 0 bridgehead atoms. The summed E-state index contributed by atoms with van der Waals surface area (Å²) in [4.78, 5) is 20.0. The minimum absolute atomic E-state index is 0.0421. The highest BCUT2D eigenvalue weighted by molar-refractivity contribution is 6.12. The number of fused-ring (bicyclic) bond motifs is 2. The fraction of sp³-hybridized carbons (Fsp3) is 0.619. The average molecular weight is 370 g/mol. The molecule has 3 heterocycles. The Morgan fingerprint density at radius 2 is 1.81 bits per heavy atom. The second-order valence-electron chi connectivity index (χ2n) is 8.05. The van der Waals surface area contributed by atoms with Crippen LogP contribution in [0.5, 0.6) is 11.5 Å². The smallest absolute Gasteiger partial charge is 0.231 e. The van der Waals surface area contributed by atoms with E-state index in [4.69, 9.17) is 19.2 Å². The third-order valence-corrected chi connectivity index (χ3v) is 6.27. The molecular formula is C21H26N2O4. The fourth-order valence-corrected chi connectivity index (χ4v) is 4.84. The van der Waals surface area contributed by atoms with Crippen LogP contribution in [0.3, 0.4) is 0 Å². The molecule has 6 heteroatoms. The van der Waals surface area contributed by atoms with Gasteiger partial charge in [0.2, 0.25) is 12.7 Å². The maximum absolute atomic E-state index is 12.9. The van der Waals surface area contributed by atoms with Crippen LogP contribution in [0.1, 0.15) is 49.7 Å². The van der Waals surface area contributed by atoms with E-state index in [0.717, 1.165) is 42.0 Å². The number of ether oxygens (including phenoxy) is 3. The zero-order valence-corrected chi connectivity index (χ0v) is 15.7. The summed E-state index contributed by atoms with van der Waals surface area (Å²) in [7, 11) is 0. The molecule has 1 aromatic carbocycles. The van der Waals surface area contributed by atoms with Gasteiger partial charge in [-0.25, -0.2) is 0 Å². The highest BCUT2D eigenvalue weighted by atomic mass is 16.7. The number of rotatable bonds is 2. The minimum Gasteiger partial charge on any atom is -0.454 e. The van der Waals surface area contributed by atoms with Crippen LogP contribution in [-0.2, 0) is 16.0 Å². The Kier molecular flexibility index (Phi) is 4.31. The van der Waals surface area contributed by atoms with Crippen LogP contribution >= 0.6 is 0 Å². The summed E-state index contributed by atoms with van der Waals surface area (Å²) in [5.74, 6) is 1.73. The summed E-state index contributed by atoms with van der Waals surface area (Å²) < 4.78 is 16.6. The van der Waals surface area contributed by atoms with E-state index in [1.165, 1.54) is 24.8 Å². The van der Waals surface area contributed by atoms with Crippen LogP contribution in [0.25, 0.3) is 0 Å². The van der Waals surface area contributed by atoms with Crippen molar-refractivity contribution in [1.82, 2.24) is 4.90 Å². The largest absolute Gasteiger partial charge is 0.454 e. The van der Waals surface area contributed by atoms with Gasteiger partial charge in [-0.3, -0.25) is 9.79 Å². The van der Waals surface area contributed by atoms with Crippen LogP contribution in [0.15, 0.2) is 17.1 Å². The third kappa shape index (κ3) is 3.20. The summed E-state index contributed by atoms with van der Waals surface area (Å²) in [5, 5.41) is 0. The Morgan fingerprint density at radius 1 is 1.07 bits per heavy atom. The van der Waals surface area contributed by atoms with Crippen molar-refractivity contribution in [1.29, 1.82) is 0 Å². The molecule has 1 amide bonds. The molecule has 0 radical (unpaired) electrons. The highest BCUT2D eigenvalue weighted by Gasteiger charge is 2.38. The highest BCUT2D eigenvalue weighted by Crippen LogP contribution is 2.43. The second-order valence-corrected chi connectivity index (χ2v) is 8.05. The van der Waals surface area contributed by atoms with Crippen molar-refractivity contribution in [3.63, 3.8) is 0 Å². The lowest BCUT2D eigenvalue weighted by Crippen LogP contribution is -2.43. The van der Waals surface area contributed by atoms with E-state index in [9.17, 15) is 4.79 Å². The van der Waals surface area contributed by atoms with Gasteiger partial charge in [-0.2, -0.15) is 0 Å². The van der Waals surface area contributed by atoms with Gasteiger partial charge < -0.3 is 19.1 Å². The van der Waals surface area contributed by atoms with Gasteiger partial charge in [0.1, 0.15) is 0 Å². The molecule has 1 saturated heterocycles. The number of nitrogens with zero attached hydrogens (tertiary/aromatic N) is 2. The predicted molar refractivity (Wildman–Crippen MR) is 101 cm³/mol.